The quantitative estimate of drug-likeness (QED) is 0.272. The number of ketones is 1. The molecule has 0 radical (unpaired) electrons. The fraction of sp³-hybridized carbons (Fsp3) is 0.290. The number of aliphatic hydroxyl groups excluding tert-OH is 1. The number of rotatable bonds is 7. The molecule has 1 atom stereocenters. The number of likely N-dealkylation sites (tertiary alicyclic amines) is 1. The van der Waals surface area contributed by atoms with Crippen molar-refractivity contribution in [3.05, 3.63) is 94.1 Å². The molecule has 0 aliphatic carbocycles. The van der Waals surface area contributed by atoms with Crippen molar-refractivity contribution in [3.8, 4) is 17.2 Å². The van der Waals surface area contributed by atoms with Crippen LogP contribution in [0.5, 0.6) is 17.2 Å². The molecule has 1 N–H and O–H groups in total. The Labute approximate surface area is 222 Å². The fourth-order valence-corrected chi connectivity index (χ4v) is 5.25. The molecule has 3 aromatic rings. The molecular formula is C31H31NO6. The van der Waals surface area contributed by atoms with Gasteiger partial charge in [0.2, 0.25) is 0 Å². The highest BCUT2D eigenvalue weighted by Crippen LogP contribution is 2.40. The highest BCUT2D eigenvalue weighted by atomic mass is 16.5. The van der Waals surface area contributed by atoms with Crippen molar-refractivity contribution in [2.45, 2.75) is 32.2 Å². The predicted molar refractivity (Wildman–Crippen MR) is 144 cm³/mol. The second-order valence-electron chi connectivity index (χ2n) is 9.62. The average molecular weight is 514 g/mol. The number of methoxy groups -OCH3 is 2. The van der Waals surface area contributed by atoms with Crippen molar-refractivity contribution in [2.24, 2.45) is 0 Å². The average Bonchev–Trinajstić information content (AvgIpc) is 3.20. The maximum Gasteiger partial charge on any atom is 0.295 e. The highest BCUT2D eigenvalue weighted by Gasteiger charge is 2.46. The van der Waals surface area contributed by atoms with Gasteiger partial charge in [0.15, 0.2) is 11.5 Å². The summed E-state index contributed by atoms with van der Waals surface area (Å²) in [4.78, 5) is 28.3. The summed E-state index contributed by atoms with van der Waals surface area (Å²) < 4.78 is 16.4. The van der Waals surface area contributed by atoms with Gasteiger partial charge in [-0.25, -0.2) is 0 Å². The number of ether oxygens (including phenoxy) is 3. The van der Waals surface area contributed by atoms with Crippen molar-refractivity contribution < 1.29 is 28.9 Å². The summed E-state index contributed by atoms with van der Waals surface area (Å²) >= 11 is 0. The van der Waals surface area contributed by atoms with E-state index in [-0.39, 0.29) is 17.9 Å². The number of fused-ring (bicyclic) bond motifs is 1. The first kappa shape index (κ1) is 25.4. The number of hydrogen-bond donors (Lipinski definition) is 1. The molecule has 2 aliphatic heterocycles. The lowest BCUT2D eigenvalue weighted by molar-refractivity contribution is -0.139. The lowest BCUT2D eigenvalue weighted by Gasteiger charge is -2.26. The van der Waals surface area contributed by atoms with Crippen molar-refractivity contribution in [1.82, 2.24) is 4.90 Å². The number of aliphatic hydroxyl groups is 1. The number of benzene rings is 3. The maximum atomic E-state index is 13.4. The van der Waals surface area contributed by atoms with Gasteiger partial charge in [0.1, 0.15) is 11.5 Å². The molecule has 2 heterocycles. The standard InChI is InChI=1S/C31H31NO6/c1-19-6-4-7-22(16-19)28-27(29(33)23-10-12-24-21(18-23)8-5-15-38-24)30(34)31(35)32(28)14-13-20-9-11-25(36-2)26(17-20)37-3/h4,6-7,9-12,16-18,28,33H,5,8,13-15H2,1-3H3/b29-27-. The SMILES string of the molecule is COc1ccc(CCN2C(=O)C(=O)/C(=C(\O)c3ccc4c(c3)CCCO4)C2c2cccc(C)c2)cc1OC. The molecule has 3 aromatic carbocycles. The summed E-state index contributed by atoms with van der Waals surface area (Å²) in [5.41, 5.74) is 4.30. The van der Waals surface area contributed by atoms with Crippen LogP contribution in [0.15, 0.2) is 66.2 Å². The smallest absolute Gasteiger partial charge is 0.295 e. The zero-order valence-corrected chi connectivity index (χ0v) is 21.8. The van der Waals surface area contributed by atoms with Crippen LogP contribution >= 0.6 is 0 Å². The summed E-state index contributed by atoms with van der Waals surface area (Å²) in [5.74, 6) is 0.524. The lowest BCUT2D eigenvalue weighted by Crippen LogP contribution is -2.31. The second-order valence-corrected chi connectivity index (χ2v) is 9.62. The Bertz CT molecular complexity index is 1430. The van der Waals surface area contributed by atoms with E-state index in [0.717, 1.165) is 40.8 Å². The molecule has 1 saturated heterocycles. The number of carbonyl (C=O) groups is 2. The largest absolute Gasteiger partial charge is 0.507 e. The number of nitrogens with zero attached hydrogens (tertiary/aromatic N) is 1. The summed E-state index contributed by atoms with van der Waals surface area (Å²) in [5, 5.41) is 11.4. The molecule has 1 amide bonds. The summed E-state index contributed by atoms with van der Waals surface area (Å²) in [6.45, 7) is 2.91. The first-order chi connectivity index (χ1) is 18.4. The molecule has 0 bridgehead atoms. The van der Waals surface area contributed by atoms with E-state index in [9.17, 15) is 14.7 Å². The van der Waals surface area contributed by atoms with E-state index in [4.69, 9.17) is 14.2 Å². The lowest BCUT2D eigenvalue weighted by atomic mass is 9.93. The van der Waals surface area contributed by atoms with Gasteiger partial charge in [-0.1, -0.05) is 35.9 Å². The van der Waals surface area contributed by atoms with Crippen LogP contribution < -0.4 is 14.2 Å². The normalized spacial score (nSPS) is 18.2. The molecule has 7 nitrogen and oxygen atoms in total. The minimum Gasteiger partial charge on any atom is -0.507 e. The minimum atomic E-state index is -0.706. The van der Waals surface area contributed by atoms with E-state index < -0.39 is 17.7 Å². The Morgan fingerprint density at radius 1 is 1.03 bits per heavy atom. The highest BCUT2D eigenvalue weighted by molar-refractivity contribution is 6.46. The third kappa shape index (κ3) is 4.72. The molecule has 7 heteroatoms. The summed E-state index contributed by atoms with van der Waals surface area (Å²) in [7, 11) is 3.15. The zero-order chi connectivity index (χ0) is 26.8. The van der Waals surface area contributed by atoms with Crippen LogP contribution in [0.25, 0.3) is 5.76 Å². The predicted octanol–water partition coefficient (Wildman–Crippen LogP) is 5.00. The van der Waals surface area contributed by atoms with Crippen molar-refractivity contribution in [2.75, 3.05) is 27.4 Å². The van der Waals surface area contributed by atoms with Gasteiger partial charge in [0.05, 0.1) is 32.4 Å². The van der Waals surface area contributed by atoms with Crippen LogP contribution in [-0.4, -0.2) is 49.1 Å². The van der Waals surface area contributed by atoms with Crippen LogP contribution in [0.4, 0.5) is 0 Å². The van der Waals surface area contributed by atoms with Crippen LogP contribution in [0.3, 0.4) is 0 Å². The van der Waals surface area contributed by atoms with Gasteiger partial charge in [-0.15, -0.1) is 0 Å². The number of carbonyl (C=O) groups excluding carboxylic acids is 2. The number of amides is 1. The van der Waals surface area contributed by atoms with E-state index >= 15 is 0 Å². The molecule has 0 spiro atoms. The first-order valence-electron chi connectivity index (χ1n) is 12.7. The van der Waals surface area contributed by atoms with Gasteiger partial charge in [0, 0.05) is 12.1 Å². The van der Waals surface area contributed by atoms with Crippen LogP contribution in [-0.2, 0) is 22.4 Å². The third-order valence-electron chi connectivity index (χ3n) is 7.17. The Kier molecular flexibility index (Phi) is 7.09. The van der Waals surface area contributed by atoms with Crippen LogP contribution in [0, 0.1) is 6.92 Å². The van der Waals surface area contributed by atoms with Gasteiger partial charge in [-0.05, 0) is 73.2 Å². The third-order valence-corrected chi connectivity index (χ3v) is 7.17. The summed E-state index contributed by atoms with van der Waals surface area (Å²) in [6.07, 6.45) is 2.21. The van der Waals surface area contributed by atoms with E-state index in [0.29, 0.717) is 30.1 Å². The molecule has 0 saturated carbocycles. The van der Waals surface area contributed by atoms with E-state index in [2.05, 4.69) is 0 Å². The van der Waals surface area contributed by atoms with E-state index in [1.807, 2.05) is 61.5 Å². The molecule has 1 unspecified atom stereocenters. The Balaban J connectivity index is 1.54. The molecular weight excluding hydrogens is 482 g/mol. The van der Waals surface area contributed by atoms with Gasteiger partial charge < -0.3 is 24.2 Å². The topological polar surface area (TPSA) is 85.3 Å². The molecule has 2 aliphatic rings. The molecule has 5 rings (SSSR count). The van der Waals surface area contributed by atoms with Crippen molar-refractivity contribution >= 4 is 17.4 Å². The monoisotopic (exact) mass is 513 g/mol. The van der Waals surface area contributed by atoms with Gasteiger partial charge in [0.25, 0.3) is 11.7 Å². The summed E-state index contributed by atoms with van der Waals surface area (Å²) in [6, 6.07) is 18.0. The zero-order valence-electron chi connectivity index (χ0n) is 21.8. The number of Topliss-reactive ketones (excluding diaryl/α,β-unsaturated/α-hetero) is 1. The first-order valence-corrected chi connectivity index (χ1v) is 12.7. The molecule has 0 aromatic heterocycles. The Hall–Kier alpha value is -4.26. The van der Waals surface area contributed by atoms with E-state index in [1.165, 1.54) is 0 Å². The second kappa shape index (κ2) is 10.6. The van der Waals surface area contributed by atoms with Crippen molar-refractivity contribution in [3.63, 3.8) is 0 Å². The van der Waals surface area contributed by atoms with E-state index in [1.54, 1.807) is 25.2 Å². The van der Waals surface area contributed by atoms with Crippen molar-refractivity contribution in [1.29, 1.82) is 0 Å². The van der Waals surface area contributed by atoms with Gasteiger partial charge >= 0.3 is 0 Å². The van der Waals surface area contributed by atoms with Crippen LogP contribution in [0.1, 0.15) is 40.3 Å². The van der Waals surface area contributed by atoms with Gasteiger partial charge in [-0.3, -0.25) is 9.59 Å². The minimum absolute atomic E-state index is 0.101. The Morgan fingerprint density at radius 3 is 2.61 bits per heavy atom. The van der Waals surface area contributed by atoms with Crippen LogP contribution in [0.2, 0.25) is 0 Å². The number of hydrogen-bond acceptors (Lipinski definition) is 6. The molecule has 1 fully saturated rings. The fourth-order valence-electron chi connectivity index (χ4n) is 5.25. The molecule has 38 heavy (non-hydrogen) atoms. The Morgan fingerprint density at radius 2 is 1.84 bits per heavy atom. The number of aryl methyl sites for hydroxylation is 2. The maximum absolute atomic E-state index is 13.4. The van der Waals surface area contributed by atoms with Gasteiger partial charge in [-0.2, -0.15) is 0 Å². The molecule has 196 valence electrons.